The molecule has 34 heavy (non-hydrogen) atoms. The molecule has 4 rings (SSSR count). The van der Waals surface area contributed by atoms with Gasteiger partial charge in [0.2, 0.25) is 16.0 Å². The largest absolute Gasteiger partial charge is 0.492 e. The average molecular weight is 485 g/mol. The van der Waals surface area contributed by atoms with E-state index >= 15 is 0 Å². The zero-order valence-electron chi connectivity index (χ0n) is 19.1. The van der Waals surface area contributed by atoms with Crippen LogP contribution in [-0.4, -0.2) is 58.3 Å². The Morgan fingerprint density at radius 2 is 1.85 bits per heavy atom. The fourth-order valence-corrected chi connectivity index (χ4v) is 4.45. The average Bonchev–Trinajstić information content (AvgIpc) is 2.86. The van der Waals surface area contributed by atoms with Gasteiger partial charge in [-0.25, -0.2) is 18.1 Å². The quantitative estimate of drug-likeness (QED) is 0.421. The van der Waals surface area contributed by atoms with Crippen LogP contribution in [0.4, 0.5) is 28.8 Å². The van der Waals surface area contributed by atoms with Crippen LogP contribution in [0.2, 0.25) is 0 Å². The van der Waals surface area contributed by atoms with E-state index < -0.39 is 10.0 Å². The van der Waals surface area contributed by atoms with Gasteiger partial charge in [0.1, 0.15) is 16.5 Å². The highest BCUT2D eigenvalue weighted by molar-refractivity contribution is 7.89. The van der Waals surface area contributed by atoms with Gasteiger partial charge < -0.3 is 25.0 Å². The molecule has 1 fully saturated rings. The molecule has 3 aromatic rings. The molecule has 0 unspecified atom stereocenters. The lowest BCUT2D eigenvalue weighted by atomic mass is 10.2. The number of benzene rings is 2. The third kappa shape index (κ3) is 5.56. The number of morpholine rings is 1. The Hall–Kier alpha value is -3.41. The van der Waals surface area contributed by atoms with Gasteiger partial charge in [0.05, 0.1) is 31.2 Å². The van der Waals surface area contributed by atoms with Crippen LogP contribution in [0.25, 0.3) is 0 Å². The first kappa shape index (κ1) is 23.7. The summed E-state index contributed by atoms with van der Waals surface area (Å²) >= 11 is 0. The van der Waals surface area contributed by atoms with E-state index in [1.165, 1.54) is 13.1 Å². The van der Waals surface area contributed by atoms with Gasteiger partial charge in [-0.1, -0.05) is 12.1 Å². The molecule has 0 amide bonds. The molecular formula is C23H28N6O4S. The fraction of sp³-hybridized carbons (Fsp3) is 0.304. The lowest BCUT2D eigenvalue weighted by Crippen LogP contribution is -2.36. The Bertz CT molecular complexity index is 1230. The molecule has 0 bridgehead atoms. The van der Waals surface area contributed by atoms with Gasteiger partial charge in [0.15, 0.2) is 0 Å². The molecule has 0 atom stereocenters. The minimum Gasteiger partial charge on any atom is -0.492 e. The molecular weight excluding hydrogens is 456 g/mol. The Morgan fingerprint density at radius 3 is 2.62 bits per heavy atom. The smallest absolute Gasteiger partial charge is 0.242 e. The maximum Gasteiger partial charge on any atom is 0.242 e. The van der Waals surface area contributed by atoms with E-state index in [9.17, 15) is 8.42 Å². The van der Waals surface area contributed by atoms with Crippen LogP contribution >= 0.6 is 0 Å². The zero-order chi connectivity index (χ0) is 24.0. The number of hydrogen-bond acceptors (Lipinski definition) is 9. The molecule has 11 heteroatoms. The third-order valence-electron chi connectivity index (χ3n) is 5.25. The normalized spacial score (nSPS) is 14.0. The lowest BCUT2D eigenvalue weighted by Gasteiger charge is -2.29. The molecule has 0 spiro atoms. The van der Waals surface area contributed by atoms with Crippen LogP contribution in [0.15, 0.2) is 59.6 Å². The highest BCUT2D eigenvalue weighted by Gasteiger charge is 2.17. The second kappa shape index (κ2) is 10.7. The second-order valence-electron chi connectivity index (χ2n) is 7.43. The number of sulfonamides is 1. The summed E-state index contributed by atoms with van der Waals surface area (Å²) in [6.07, 6.45) is 1.59. The van der Waals surface area contributed by atoms with Crippen LogP contribution in [0, 0.1) is 0 Å². The minimum atomic E-state index is -3.63. The Morgan fingerprint density at radius 1 is 1.06 bits per heavy atom. The summed E-state index contributed by atoms with van der Waals surface area (Å²) < 4.78 is 38.3. The van der Waals surface area contributed by atoms with Gasteiger partial charge in [0.25, 0.3) is 0 Å². The summed E-state index contributed by atoms with van der Waals surface area (Å²) in [7, 11) is -2.26. The van der Waals surface area contributed by atoms with E-state index in [0.29, 0.717) is 43.0 Å². The molecule has 2 aromatic carbocycles. The fourth-order valence-electron chi connectivity index (χ4n) is 3.57. The van der Waals surface area contributed by atoms with Crippen molar-refractivity contribution >= 4 is 38.9 Å². The summed E-state index contributed by atoms with van der Waals surface area (Å²) in [5, 5.41) is 6.28. The van der Waals surface area contributed by atoms with Gasteiger partial charge in [-0.15, -0.1) is 0 Å². The van der Waals surface area contributed by atoms with Crippen molar-refractivity contribution in [3.8, 4) is 5.75 Å². The van der Waals surface area contributed by atoms with Crippen molar-refractivity contribution in [2.24, 2.45) is 0 Å². The van der Waals surface area contributed by atoms with Crippen molar-refractivity contribution in [3.63, 3.8) is 0 Å². The van der Waals surface area contributed by atoms with Crippen LogP contribution in [-0.2, 0) is 14.8 Å². The van der Waals surface area contributed by atoms with Gasteiger partial charge in [-0.3, -0.25) is 0 Å². The van der Waals surface area contributed by atoms with Gasteiger partial charge >= 0.3 is 0 Å². The number of anilines is 5. The van der Waals surface area contributed by atoms with Gasteiger partial charge in [-0.2, -0.15) is 4.98 Å². The molecule has 0 saturated carbocycles. The summed E-state index contributed by atoms with van der Waals surface area (Å²) in [6, 6.07) is 14.2. The molecule has 0 aliphatic carbocycles. The van der Waals surface area contributed by atoms with Gasteiger partial charge in [0, 0.05) is 31.0 Å². The molecule has 0 radical (unpaired) electrons. The van der Waals surface area contributed by atoms with E-state index in [1.807, 2.05) is 25.1 Å². The zero-order valence-corrected chi connectivity index (χ0v) is 19.9. The predicted molar refractivity (Wildman–Crippen MR) is 132 cm³/mol. The predicted octanol–water partition coefficient (Wildman–Crippen LogP) is 3.11. The van der Waals surface area contributed by atoms with E-state index in [2.05, 4.69) is 30.2 Å². The summed E-state index contributed by atoms with van der Waals surface area (Å²) in [4.78, 5) is 11.2. The lowest BCUT2D eigenvalue weighted by molar-refractivity contribution is 0.122. The first-order valence-corrected chi connectivity index (χ1v) is 12.5. The third-order valence-corrected chi connectivity index (χ3v) is 6.72. The molecule has 1 aliphatic rings. The number of para-hydroxylation sites is 1. The van der Waals surface area contributed by atoms with Crippen LogP contribution in [0.5, 0.6) is 5.75 Å². The number of aromatic nitrogens is 2. The van der Waals surface area contributed by atoms with Crippen LogP contribution in [0.1, 0.15) is 6.92 Å². The summed E-state index contributed by atoms with van der Waals surface area (Å²) in [5.41, 5.74) is 2.21. The van der Waals surface area contributed by atoms with Gasteiger partial charge in [-0.05, 0) is 44.3 Å². The topological polar surface area (TPSA) is 118 Å². The Kier molecular flexibility index (Phi) is 7.46. The first-order valence-electron chi connectivity index (χ1n) is 11.0. The molecule has 1 saturated heterocycles. The minimum absolute atomic E-state index is 0.128. The number of rotatable bonds is 9. The van der Waals surface area contributed by atoms with Crippen molar-refractivity contribution in [2.45, 2.75) is 11.8 Å². The van der Waals surface area contributed by atoms with Crippen molar-refractivity contribution in [2.75, 3.05) is 55.5 Å². The number of nitrogens with zero attached hydrogens (tertiary/aromatic N) is 3. The second-order valence-corrected chi connectivity index (χ2v) is 9.29. The van der Waals surface area contributed by atoms with Crippen molar-refractivity contribution < 1.29 is 17.9 Å². The number of hydrogen-bond donors (Lipinski definition) is 3. The molecule has 3 N–H and O–H groups in total. The monoisotopic (exact) mass is 484 g/mol. The number of nitrogens with one attached hydrogen (secondary N) is 3. The molecule has 1 aromatic heterocycles. The highest BCUT2D eigenvalue weighted by Crippen LogP contribution is 2.32. The van der Waals surface area contributed by atoms with Crippen molar-refractivity contribution in [1.82, 2.24) is 14.7 Å². The molecule has 10 nitrogen and oxygen atoms in total. The van der Waals surface area contributed by atoms with Crippen molar-refractivity contribution in [3.05, 3.63) is 54.7 Å². The maximum atomic E-state index is 12.3. The van der Waals surface area contributed by atoms with Crippen LogP contribution < -0.4 is 25.0 Å². The van der Waals surface area contributed by atoms with E-state index in [4.69, 9.17) is 9.47 Å². The first-order chi connectivity index (χ1) is 16.5. The molecule has 2 heterocycles. The van der Waals surface area contributed by atoms with E-state index in [-0.39, 0.29) is 4.90 Å². The van der Waals surface area contributed by atoms with Crippen molar-refractivity contribution in [1.29, 1.82) is 0 Å². The standard InChI is InChI=1S/C23H28N6O4S/c1-3-33-20-16-17(29-12-14-32-15-13-29)8-9-18(20)27-23-25-11-10-22(28-23)26-19-6-4-5-7-21(19)34(30,31)24-2/h4-11,16,24H,3,12-15H2,1-2H3,(H2,25,26,27,28). The molecule has 180 valence electrons. The number of ether oxygens (including phenoxy) is 2. The highest BCUT2D eigenvalue weighted by atomic mass is 32.2. The summed E-state index contributed by atoms with van der Waals surface area (Å²) in [5.74, 6) is 1.48. The van der Waals surface area contributed by atoms with Crippen LogP contribution in [0.3, 0.4) is 0 Å². The molecule has 1 aliphatic heterocycles. The SMILES string of the molecule is CCOc1cc(N2CCOCC2)ccc1Nc1nccc(Nc2ccccc2S(=O)(=O)NC)n1. The Balaban J connectivity index is 1.56. The maximum absolute atomic E-state index is 12.3. The van der Waals surface area contributed by atoms with E-state index in [0.717, 1.165) is 24.5 Å². The van der Waals surface area contributed by atoms with E-state index in [1.54, 1.807) is 30.5 Å². The Labute approximate surface area is 199 Å². The summed E-state index contributed by atoms with van der Waals surface area (Å²) in [6.45, 7) is 5.52.